The minimum Gasteiger partial charge on any atom is -0.330 e. The molecule has 0 spiro atoms. The van der Waals surface area contributed by atoms with E-state index in [4.69, 9.17) is 5.73 Å². The van der Waals surface area contributed by atoms with Crippen LogP contribution in [0.3, 0.4) is 0 Å². The highest BCUT2D eigenvalue weighted by Gasteiger charge is 2.21. The molecule has 3 nitrogen and oxygen atoms in total. The predicted molar refractivity (Wildman–Crippen MR) is 70.7 cm³/mol. The molecule has 0 amide bonds. The number of aryl methyl sites for hydroxylation is 1. The Bertz CT molecular complexity index is 332. The van der Waals surface area contributed by atoms with Crippen molar-refractivity contribution in [3.63, 3.8) is 0 Å². The van der Waals surface area contributed by atoms with E-state index in [1.54, 1.807) is 0 Å². The molecule has 1 aromatic heterocycles. The van der Waals surface area contributed by atoms with Gasteiger partial charge >= 0.3 is 0 Å². The summed E-state index contributed by atoms with van der Waals surface area (Å²) >= 11 is 0. The molecule has 1 atom stereocenters. The summed E-state index contributed by atoms with van der Waals surface area (Å²) in [4.78, 5) is 7.04. The van der Waals surface area contributed by atoms with Crippen molar-refractivity contribution in [2.24, 2.45) is 5.73 Å². The summed E-state index contributed by atoms with van der Waals surface area (Å²) in [5, 5.41) is 0. The molecular formula is C14H23N3. The number of hydrogen-bond acceptors (Lipinski definition) is 3. The smallest absolute Gasteiger partial charge is 0.0544 e. The van der Waals surface area contributed by atoms with Gasteiger partial charge in [0.25, 0.3) is 0 Å². The molecule has 1 fully saturated rings. The summed E-state index contributed by atoms with van der Waals surface area (Å²) in [6.45, 7) is 5.04. The third-order valence-corrected chi connectivity index (χ3v) is 3.59. The number of pyridine rings is 1. The van der Waals surface area contributed by atoms with Crippen LogP contribution in [0.15, 0.2) is 18.3 Å². The van der Waals surface area contributed by atoms with Gasteiger partial charge in [0, 0.05) is 18.8 Å². The molecule has 0 bridgehead atoms. The van der Waals surface area contributed by atoms with Gasteiger partial charge in [-0.3, -0.25) is 9.88 Å². The van der Waals surface area contributed by atoms with Crippen molar-refractivity contribution in [1.82, 2.24) is 9.88 Å². The number of hydrogen-bond donors (Lipinski definition) is 1. The first-order valence-electron chi connectivity index (χ1n) is 6.65. The Labute approximate surface area is 104 Å². The van der Waals surface area contributed by atoms with Gasteiger partial charge in [-0.25, -0.2) is 0 Å². The maximum Gasteiger partial charge on any atom is 0.0544 e. The summed E-state index contributed by atoms with van der Waals surface area (Å²) in [6, 6.07) is 4.95. The first-order valence-corrected chi connectivity index (χ1v) is 6.65. The van der Waals surface area contributed by atoms with Crippen molar-refractivity contribution >= 4 is 0 Å². The quantitative estimate of drug-likeness (QED) is 0.866. The van der Waals surface area contributed by atoms with Crippen LogP contribution in [0.2, 0.25) is 0 Å². The highest BCUT2D eigenvalue weighted by molar-refractivity contribution is 5.12. The lowest BCUT2D eigenvalue weighted by Crippen LogP contribution is -2.40. The molecule has 1 unspecified atom stereocenters. The van der Waals surface area contributed by atoms with E-state index in [9.17, 15) is 0 Å². The van der Waals surface area contributed by atoms with Crippen molar-refractivity contribution in [2.75, 3.05) is 13.1 Å². The number of nitrogens with two attached hydrogens (primary N) is 1. The summed E-state index contributed by atoms with van der Waals surface area (Å²) in [5.74, 6) is 0. The predicted octanol–water partition coefficient (Wildman–Crippen LogP) is 2.09. The highest BCUT2D eigenvalue weighted by atomic mass is 15.2. The van der Waals surface area contributed by atoms with Crippen molar-refractivity contribution in [3.05, 3.63) is 29.6 Å². The van der Waals surface area contributed by atoms with Crippen LogP contribution in [0.25, 0.3) is 0 Å². The highest BCUT2D eigenvalue weighted by Crippen LogP contribution is 2.21. The van der Waals surface area contributed by atoms with Gasteiger partial charge in [0.1, 0.15) is 0 Å². The largest absolute Gasteiger partial charge is 0.330 e. The molecule has 0 aliphatic carbocycles. The zero-order chi connectivity index (χ0) is 12.1. The summed E-state index contributed by atoms with van der Waals surface area (Å²) in [5.41, 5.74) is 8.10. The van der Waals surface area contributed by atoms with Crippen LogP contribution in [0.5, 0.6) is 0 Å². The van der Waals surface area contributed by atoms with Gasteiger partial charge in [-0.2, -0.15) is 0 Å². The third kappa shape index (κ3) is 3.51. The molecule has 1 saturated heterocycles. The number of rotatable bonds is 4. The minimum absolute atomic E-state index is 0.664. The topological polar surface area (TPSA) is 42.1 Å². The second-order valence-corrected chi connectivity index (χ2v) is 5.02. The average molecular weight is 233 g/mol. The van der Waals surface area contributed by atoms with E-state index in [0.29, 0.717) is 6.04 Å². The lowest BCUT2D eigenvalue weighted by molar-refractivity contribution is 0.132. The first kappa shape index (κ1) is 12.5. The van der Waals surface area contributed by atoms with Crippen molar-refractivity contribution < 1.29 is 0 Å². The van der Waals surface area contributed by atoms with E-state index < -0.39 is 0 Å². The first-order chi connectivity index (χ1) is 8.29. The Morgan fingerprint density at radius 2 is 2.29 bits per heavy atom. The van der Waals surface area contributed by atoms with Gasteiger partial charge in [-0.1, -0.05) is 12.5 Å². The van der Waals surface area contributed by atoms with Crippen molar-refractivity contribution in [2.45, 2.75) is 45.2 Å². The van der Waals surface area contributed by atoms with E-state index in [2.05, 4.69) is 28.9 Å². The van der Waals surface area contributed by atoms with E-state index in [1.807, 2.05) is 6.20 Å². The van der Waals surface area contributed by atoms with Crippen LogP contribution in [0.4, 0.5) is 0 Å². The van der Waals surface area contributed by atoms with Crippen LogP contribution in [-0.4, -0.2) is 29.0 Å². The normalized spacial score (nSPS) is 21.6. The van der Waals surface area contributed by atoms with E-state index in [1.165, 1.54) is 37.1 Å². The van der Waals surface area contributed by atoms with E-state index in [0.717, 1.165) is 19.5 Å². The molecule has 1 aromatic rings. The molecule has 17 heavy (non-hydrogen) atoms. The Hall–Kier alpha value is -0.930. The molecule has 2 heterocycles. The minimum atomic E-state index is 0.664. The van der Waals surface area contributed by atoms with Crippen LogP contribution in [0.1, 0.15) is 36.9 Å². The fourth-order valence-corrected chi connectivity index (χ4v) is 2.59. The Morgan fingerprint density at radius 1 is 1.41 bits per heavy atom. The van der Waals surface area contributed by atoms with E-state index in [-0.39, 0.29) is 0 Å². The molecule has 0 aromatic carbocycles. The second kappa shape index (κ2) is 6.12. The van der Waals surface area contributed by atoms with Gasteiger partial charge in [0.2, 0.25) is 0 Å². The zero-order valence-corrected chi connectivity index (χ0v) is 10.7. The van der Waals surface area contributed by atoms with Crippen LogP contribution in [0, 0.1) is 6.92 Å². The standard InChI is InChI=1S/C14H23N3/c1-12-5-6-13(16-10-12)11-17-9-3-2-4-14(17)7-8-15/h5-6,10,14H,2-4,7-9,11,15H2,1H3. The van der Waals surface area contributed by atoms with Crippen LogP contribution >= 0.6 is 0 Å². The van der Waals surface area contributed by atoms with E-state index >= 15 is 0 Å². The van der Waals surface area contributed by atoms with Crippen molar-refractivity contribution in [3.8, 4) is 0 Å². The molecule has 94 valence electrons. The van der Waals surface area contributed by atoms with Gasteiger partial charge in [0.05, 0.1) is 5.69 Å². The maximum atomic E-state index is 5.69. The Balaban J connectivity index is 1.97. The number of aromatic nitrogens is 1. The van der Waals surface area contributed by atoms with Gasteiger partial charge < -0.3 is 5.73 Å². The number of piperidine rings is 1. The Kier molecular flexibility index (Phi) is 4.51. The maximum absolute atomic E-state index is 5.69. The van der Waals surface area contributed by atoms with Gasteiger partial charge in [0.15, 0.2) is 0 Å². The lowest BCUT2D eigenvalue weighted by atomic mass is 9.99. The molecular weight excluding hydrogens is 210 g/mol. The molecule has 1 aliphatic heterocycles. The van der Waals surface area contributed by atoms with Crippen molar-refractivity contribution in [1.29, 1.82) is 0 Å². The average Bonchev–Trinajstić information content (AvgIpc) is 2.35. The molecule has 2 N–H and O–H groups in total. The zero-order valence-electron chi connectivity index (χ0n) is 10.7. The monoisotopic (exact) mass is 233 g/mol. The fourth-order valence-electron chi connectivity index (χ4n) is 2.59. The number of nitrogens with zero attached hydrogens (tertiary/aromatic N) is 2. The molecule has 1 aliphatic rings. The molecule has 0 saturated carbocycles. The van der Waals surface area contributed by atoms with Crippen LogP contribution in [-0.2, 0) is 6.54 Å². The summed E-state index contributed by atoms with van der Waals surface area (Å²) in [6.07, 6.45) is 7.03. The third-order valence-electron chi connectivity index (χ3n) is 3.59. The second-order valence-electron chi connectivity index (χ2n) is 5.02. The summed E-state index contributed by atoms with van der Waals surface area (Å²) in [7, 11) is 0. The van der Waals surface area contributed by atoms with Gasteiger partial charge in [-0.05, 0) is 50.9 Å². The van der Waals surface area contributed by atoms with Gasteiger partial charge in [-0.15, -0.1) is 0 Å². The fraction of sp³-hybridized carbons (Fsp3) is 0.643. The number of likely N-dealkylation sites (tertiary alicyclic amines) is 1. The molecule has 3 heteroatoms. The molecule has 2 rings (SSSR count). The Morgan fingerprint density at radius 3 is 3.00 bits per heavy atom. The lowest BCUT2D eigenvalue weighted by Gasteiger charge is -2.35. The summed E-state index contributed by atoms with van der Waals surface area (Å²) < 4.78 is 0. The molecule has 0 radical (unpaired) electrons. The van der Waals surface area contributed by atoms with Crippen LogP contribution < -0.4 is 5.73 Å². The SMILES string of the molecule is Cc1ccc(CN2CCCCC2CCN)nc1.